The number of quaternary nitrogens is 1. The highest BCUT2D eigenvalue weighted by Gasteiger charge is 2.41. The SMILES string of the molecule is Fc1ccc(C2CCCC[N+]2(Br)n2cc3ccccc3c2)cc1. The van der Waals surface area contributed by atoms with Crippen molar-refractivity contribution in [2.75, 3.05) is 6.54 Å². The van der Waals surface area contributed by atoms with Crippen LogP contribution in [0.15, 0.2) is 60.9 Å². The van der Waals surface area contributed by atoms with Crippen LogP contribution in [0.3, 0.4) is 0 Å². The highest BCUT2D eigenvalue weighted by Crippen LogP contribution is 2.40. The van der Waals surface area contributed by atoms with Gasteiger partial charge in [-0.05, 0) is 25.0 Å². The van der Waals surface area contributed by atoms with E-state index in [-0.39, 0.29) is 11.9 Å². The number of hydrogen-bond acceptors (Lipinski definition) is 0. The molecule has 0 saturated carbocycles. The first kappa shape index (κ1) is 14.9. The Bertz CT molecular complexity index is 794. The molecule has 4 heteroatoms. The summed E-state index contributed by atoms with van der Waals surface area (Å²) in [5.74, 6) is -0.177. The summed E-state index contributed by atoms with van der Waals surface area (Å²) in [6.07, 6.45) is 7.87. The summed E-state index contributed by atoms with van der Waals surface area (Å²) in [4.78, 5) is 0. The summed E-state index contributed by atoms with van der Waals surface area (Å²) < 4.78 is 16.2. The lowest BCUT2D eigenvalue weighted by Gasteiger charge is -2.41. The van der Waals surface area contributed by atoms with Crippen molar-refractivity contribution in [3.8, 4) is 0 Å². The van der Waals surface area contributed by atoms with E-state index >= 15 is 0 Å². The van der Waals surface area contributed by atoms with Gasteiger partial charge in [0.1, 0.15) is 18.4 Å². The lowest BCUT2D eigenvalue weighted by Crippen LogP contribution is -2.53. The third-order valence-corrected chi connectivity index (χ3v) is 6.07. The quantitative estimate of drug-likeness (QED) is 0.526. The first-order chi connectivity index (χ1) is 11.2. The summed E-state index contributed by atoms with van der Waals surface area (Å²) in [6, 6.07) is 15.7. The number of piperidine rings is 1. The third-order valence-electron chi connectivity index (χ3n) is 4.85. The van der Waals surface area contributed by atoms with E-state index in [1.807, 2.05) is 12.1 Å². The molecule has 2 heterocycles. The monoisotopic (exact) mass is 373 g/mol. The molecule has 1 aliphatic heterocycles. The fourth-order valence-corrected chi connectivity index (χ4v) is 4.52. The lowest BCUT2D eigenvalue weighted by molar-refractivity contribution is 0.164. The topological polar surface area (TPSA) is 4.93 Å². The molecule has 23 heavy (non-hydrogen) atoms. The highest BCUT2D eigenvalue weighted by molar-refractivity contribution is 9.08. The van der Waals surface area contributed by atoms with Gasteiger partial charge in [-0.15, -0.1) is 3.62 Å². The van der Waals surface area contributed by atoms with Crippen LogP contribution < -0.4 is 3.62 Å². The van der Waals surface area contributed by atoms with Gasteiger partial charge in [0.05, 0.1) is 12.4 Å². The molecule has 1 aliphatic rings. The molecule has 2 nitrogen and oxygen atoms in total. The second-order valence-electron chi connectivity index (χ2n) is 6.29. The van der Waals surface area contributed by atoms with Crippen molar-refractivity contribution in [1.82, 2.24) is 8.29 Å². The van der Waals surface area contributed by atoms with Crippen LogP contribution in [0.1, 0.15) is 30.9 Å². The summed E-state index contributed by atoms with van der Waals surface area (Å²) >= 11 is 4.01. The normalized spacial score (nSPS) is 24.9. The van der Waals surface area contributed by atoms with Crippen molar-refractivity contribution in [2.24, 2.45) is 0 Å². The maximum Gasteiger partial charge on any atom is 0.258 e. The van der Waals surface area contributed by atoms with E-state index in [0.29, 0.717) is 3.62 Å². The summed E-state index contributed by atoms with van der Waals surface area (Å²) in [5, 5.41) is 2.49. The maximum atomic E-state index is 13.3. The molecule has 2 aromatic carbocycles. The zero-order valence-corrected chi connectivity index (χ0v) is 14.4. The highest BCUT2D eigenvalue weighted by atomic mass is 79.9. The van der Waals surface area contributed by atoms with E-state index in [9.17, 15) is 4.39 Å². The number of fused-ring (bicyclic) bond motifs is 1. The maximum absolute atomic E-state index is 13.3. The van der Waals surface area contributed by atoms with E-state index in [1.54, 1.807) is 12.1 Å². The van der Waals surface area contributed by atoms with Gasteiger partial charge < -0.3 is 0 Å². The second kappa shape index (κ2) is 5.77. The zero-order chi connectivity index (χ0) is 15.9. The Kier molecular flexibility index (Phi) is 3.74. The number of hydrogen-bond donors (Lipinski definition) is 0. The van der Waals surface area contributed by atoms with Crippen molar-refractivity contribution < 1.29 is 4.39 Å². The van der Waals surface area contributed by atoms with Crippen molar-refractivity contribution in [3.05, 3.63) is 72.3 Å². The molecule has 1 aromatic heterocycles. The van der Waals surface area contributed by atoms with Crippen LogP contribution in [-0.4, -0.2) is 11.2 Å². The van der Waals surface area contributed by atoms with Crippen LogP contribution in [0.4, 0.5) is 4.39 Å². The van der Waals surface area contributed by atoms with Crippen molar-refractivity contribution >= 4 is 26.9 Å². The van der Waals surface area contributed by atoms with Crippen LogP contribution in [0, 0.1) is 5.82 Å². The van der Waals surface area contributed by atoms with Crippen LogP contribution >= 0.6 is 16.1 Å². The van der Waals surface area contributed by atoms with Crippen LogP contribution in [0.2, 0.25) is 0 Å². The summed E-state index contributed by atoms with van der Waals surface area (Å²) in [5.41, 5.74) is 1.18. The van der Waals surface area contributed by atoms with E-state index in [4.69, 9.17) is 0 Å². The Balaban J connectivity index is 1.79. The van der Waals surface area contributed by atoms with E-state index in [0.717, 1.165) is 13.0 Å². The van der Waals surface area contributed by atoms with Crippen molar-refractivity contribution in [2.45, 2.75) is 25.3 Å². The van der Waals surface area contributed by atoms with Gasteiger partial charge >= 0.3 is 0 Å². The molecule has 0 N–H and O–H groups in total. The number of rotatable bonds is 2. The molecule has 2 unspecified atom stereocenters. The molecular formula is C19H19BrFN2+. The fourth-order valence-electron chi connectivity index (χ4n) is 3.64. The van der Waals surface area contributed by atoms with E-state index in [2.05, 4.69) is 57.5 Å². The Hall–Kier alpha value is -1.65. The summed E-state index contributed by atoms with van der Waals surface area (Å²) in [7, 11) is 0. The van der Waals surface area contributed by atoms with Gasteiger partial charge in [-0.2, -0.15) is 4.68 Å². The fraction of sp³-hybridized carbons (Fsp3) is 0.263. The van der Waals surface area contributed by atoms with Crippen LogP contribution in [-0.2, 0) is 0 Å². The molecule has 0 amide bonds. The second-order valence-corrected chi connectivity index (χ2v) is 7.51. The van der Waals surface area contributed by atoms with Gasteiger partial charge in [-0.3, -0.25) is 0 Å². The molecule has 0 radical (unpaired) electrons. The van der Waals surface area contributed by atoms with Crippen molar-refractivity contribution in [1.29, 1.82) is 0 Å². The predicted molar refractivity (Wildman–Crippen MR) is 96.3 cm³/mol. The minimum atomic E-state index is -0.177. The molecule has 1 fully saturated rings. The number of aromatic nitrogens is 1. The number of benzene rings is 2. The zero-order valence-electron chi connectivity index (χ0n) is 12.8. The average molecular weight is 374 g/mol. The molecule has 3 aromatic rings. The Morgan fingerprint density at radius 2 is 1.61 bits per heavy atom. The molecule has 118 valence electrons. The number of halogens is 2. The molecular weight excluding hydrogens is 355 g/mol. The first-order valence-electron chi connectivity index (χ1n) is 8.07. The average Bonchev–Trinajstić information content (AvgIpc) is 3.01. The molecule has 1 saturated heterocycles. The Morgan fingerprint density at radius 3 is 2.26 bits per heavy atom. The first-order valence-corrected chi connectivity index (χ1v) is 8.78. The van der Waals surface area contributed by atoms with E-state index < -0.39 is 0 Å². The largest absolute Gasteiger partial charge is 0.258 e. The molecule has 0 bridgehead atoms. The Labute approximate surface area is 144 Å². The predicted octanol–water partition coefficient (Wildman–Crippen LogP) is 5.45. The van der Waals surface area contributed by atoms with E-state index in [1.165, 1.54) is 29.2 Å². The van der Waals surface area contributed by atoms with Gasteiger partial charge in [-0.25, -0.2) is 4.39 Å². The van der Waals surface area contributed by atoms with Gasteiger partial charge in [0.2, 0.25) is 0 Å². The lowest BCUT2D eigenvalue weighted by atomic mass is 9.97. The molecule has 0 spiro atoms. The standard InChI is InChI=1S/C19H19BrFN2/c20-23(22-13-16-5-1-2-6-17(16)14-22)12-4-3-7-19(23)15-8-10-18(21)11-9-15/h1-2,5-6,8-11,13-14,19H,3-4,7,12H2/q+1. The Morgan fingerprint density at radius 1 is 0.957 bits per heavy atom. The van der Waals surface area contributed by atoms with Crippen LogP contribution in [0.25, 0.3) is 10.8 Å². The molecule has 0 aliphatic carbocycles. The van der Waals surface area contributed by atoms with Gasteiger partial charge in [0.15, 0.2) is 0 Å². The van der Waals surface area contributed by atoms with Gasteiger partial charge in [-0.1, -0.05) is 36.4 Å². The van der Waals surface area contributed by atoms with Crippen molar-refractivity contribution in [3.63, 3.8) is 0 Å². The van der Waals surface area contributed by atoms with Gasteiger partial charge in [0, 0.05) is 22.8 Å². The minimum Gasteiger partial charge on any atom is -0.207 e. The third kappa shape index (κ3) is 2.60. The smallest absolute Gasteiger partial charge is 0.207 e. The minimum absolute atomic E-state index is 0.177. The molecule has 2 atom stereocenters. The molecule has 4 rings (SSSR count). The van der Waals surface area contributed by atoms with Crippen LogP contribution in [0.5, 0.6) is 0 Å². The van der Waals surface area contributed by atoms with Gasteiger partial charge in [0.25, 0.3) is 16.1 Å². The summed E-state index contributed by atoms with van der Waals surface area (Å²) in [6.45, 7) is 1.02. The number of nitrogens with zero attached hydrogens (tertiary/aromatic N) is 2.